The number of aryl methyl sites for hydroxylation is 1. The third-order valence-electron chi connectivity index (χ3n) is 3.85. The molecule has 2 aromatic carbocycles. The number of hydrogen-bond acceptors (Lipinski definition) is 4. The molecule has 0 aliphatic rings. The SMILES string of the molecule is COc1cc(Cl)c(C)cc1NC(=O)CNc1ccccc1-n1cccn1. The van der Waals surface area contributed by atoms with Crippen LogP contribution in [0.5, 0.6) is 5.75 Å². The summed E-state index contributed by atoms with van der Waals surface area (Å²) in [5, 5.41) is 10.8. The van der Waals surface area contributed by atoms with Crippen LogP contribution in [-0.2, 0) is 4.79 Å². The lowest BCUT2D eigenvalue weighted by molar-refractivity contribution is -0.114. The maximum atomic E-state index is 12.4. The Hall–Kier alpha value is -2.99. The highest BCUT2D eigenvalue weighted by Crippen LogP contribution is 2.30. The lowest BCUT2D eigenvalue weighted by Crippen LogP contribution is -2.22. The molecule has 7 heteroatoms. The molecular weight excluding hydrogens is 352 g/mol. The van der Waals surface area contributed by atoms with Crippen LogP contribution in [0.1, 0.15) is 5.56 Å². The number of carbonyl (C=O) groups excluding carboxylic acids is 1. The predicted octanol–water partition coefficient (Wildman–Crippen LogP) is 3.89. The monoisotopic (exact) mass is 370 g/mol. The molecule has 6 nitrogen and oxygen atoms in total. The number of nitrogens with zero attached hydrogens (tertiary/aromatic N) is 2. The van der Waals surface area contributed by atoms with Crippen molar-refractivity contribution in [2.45, 2.75) is 6.92 Å². The van der Waals surface area contributed by atoms with Crippen molar-refractivity contribution in [3.63, 3.8) is 0 Å². The largest absolute Gasteiger partial charge is 0.495 e. The van der Waals surface area contributed by atoms with Gasteiger partial charge in [0.2, 0.25) is 5.91 Å². The second-order valence-electron chi connectivity index (χ2n) is 5.67. The van der Waals surface area contributed by atoms with Crippen LogP contribution in [-0.4, -0.2) is 29.3 Å². The zero-order valence-electron chi connectivity index (χ0n) is 14.5. The van der Waals surface area contributed by atoms with Crippen molar-refractivity contribution in [2.24, 2.45) is 0 Å². The molecule has 0 unspecified atom stereocenters. The van der Waals surface area contributed by atoms with E-state index in [0.717, 1.165) is 16.9 Å². The van der Waals surface area contributed by atoms with Gasteiger partial charge in [-0.3, -0.25) is 4.79 Å². The van der Waals surface area contributed by atoms with Crippen LogP contribution in [0.25, 0.3) is 5.69 Å². The average Bonchev–Trinajstić information content (AvgIpc) is 3.17. The predicted molar refractivity (Wildman–Crippen MR) is 103 cm³/mol. The van der Waals surface area contributed by atoms with Crippen LogP contribution in [0.15, 0.2) is 54.9 Å². The summed E-state index contributed by atoms with van der Waals surface area (Å²) in [7, 11) is 1.54. The normalized spacial score (nSPS) is 10.4. The van der Waals surface area contributed by atoms with Gasteiger partial charge >= 0.3 is 0 Å². The summed E-state index contributed by atoms with van der Waals surface area (Å²) in [6, 6.07) is 13.0. The molecule has 0 saturated heterocycles. The molecule has 3 rings (SSSR count). The topological polar surface area (TPSA) is 68.2 Å². The van der Waals surface area contributed by atoms with Gasteiger partial charge in [0.15, 0.2) is 0 Å². The van der Waals surface area contributed by atoms with Gasteiger partial charge in [0.25, 0.3) is 0 Å². The summed E-state index contributed by atoms with van der Waals surface area (Å²) in [5.41, 5.74) is 3.12. The number of amides is 1. The quantitative estimate of drug-likeness (QED) is 0.690. The van der Waals surface area contributed by atoms with Gasteiger partial charge in [-0.1, -0.05) is 23.7 Å². The minimum absolute atomic E-state index is 0.100. The molecule has 0 aliphatic heterocycles. The second-order valence-corrected chi connectivity index (χ2v) is 6.08. The summed E-state index contributed by atoms with van der Waals surface area (Å²) in [4.78, 5) is 12.4. The fourth-order valence-corrected chi connectivity index (χ4v) is 2.69. The van der Waals surface area contributed by atoms with E-state index in [2.05, 4.69) is 15.7 Å². The first-order valence-electron chi connectivity index (χ1n) is 8.05. The zero-order valence-corrected chi connectivity index (χ0v) is 15.2. The molecule has 3 aromatic rings. The number of rotatable bonds is 6. The van der Waals surface area contributed by atoms with Crippen LogP contribution < -0.4 is 15.4 Å². The number of halogens is 1. The Balaban J connectivity index is 1.70. The summed E-state index contributed by atoms with van der Waals surface area (Å²) < 4.78 is 7.02. The molecule has 2 N–H and O–H groups in total. The number of aromatic nitrogens is 2. The minimum atomic E-state index is -0.194. The van der Waals surface area contributed by atoms with E-state index in [4.69, 9.17) is 16.3 Å². The Kier molecular flexibility index (Phi) is 5.43. The van der Waals surface area contributed by atoms with Crippen molar-refractivity contribution < 1.29 is 9.53 Å². The smallest absolute Gasteiger partial charge is 0.243 e. The van der Waals surface area contributed by atoms with Gasteiger partial charge in [-0.15, -0.1) is 0 Å². The van der Waals surface area contributed by atoms with Gasteiger partial charge in [0.05, 0.1) is 30.7 Å². The molecule has 134 valence electrons. The molecule has 0 aliphatic carbocycles. The fourth-order valence-electron chi connectivity index (χ4n) is 2.53. The fraction of sp³-hybridized carbons (Fsp3) is 0.158. The van der Waals surface area contributed by atoms with Crippen molar-refractivity contribution in [3.05, 3.63) is 65.4 Å². The van der Waals surface area contributed by atoms with E-state index in [0.29, 0.717) is 16.5 Å². The molecule has 26 heavy (non-hydrogen) atoms. The number of methoxy groups -OCH3 is 1. The van der Waals surface area contributed by atoms with E-state index in [1.54, 1.807) is 23.0 Å². The van der Waals surface area contributed by atoms with Gasteiger partial charge < -0.3 is 15.4 Å². The van der Waals surface area contributed by atoms with Crippen LogP contribution in [0, 0.1) is 6.92 Å². The lowest BCUT2D eigenvalue weighted by atomic mass is 10.2. The minimum Gasteiger partial charge on any atom is -0.495 e. The van der Waals surface area contributed by atoms with E-state index >= 15 is 0 Å². The Bertz CT molecular complexity index is 910. The first kappa shape index (κ1) is 17.8. The van der Waals surface area contributed by atoms with Gasteiger partial charge in [0.1, 0.15) is 5.75 Å². The van der Waals surface area contributed by atoms with Crippen molar-refractivity contribution in [1.29, 1.82) is 0 Å². The van der Waals surface area contributed by atoms with Gasteiger partial charge in [0, 0.05) is 23.5 Å². The highest BCUT2D eigenvalue weighted by Gasteiger charge is 2.11. The van der Waals surface area contributed by atoms with E-state index in [9.17, 15) is 4.79 Å². The molecule has 0 bridgehead atoms. The lowest BCUT2D eigenvalue weighted by Gasteiger charge is -2.14. The van der Waals surface area contributed by atoms with E-state index < -0.39 is 0 Å². The highest BCUT2D eigenvalue weighted by atomic mass is 35.5. The van der Waals surface area contributed by atoms with Crippen molar-refractivity contribution >= 4 is 28.9 Å². The zero-order chi connectivity index (χ0) is 18.5. The maximum Gasteiger partial charge on any atom is 0.243 e. The summed E-state index contributed by atoms with van der Waals surface area (Å²) >= 11 is 6.10. The van der Waals surface area contributed by atoms with Crippen LogP contribution in [0.2, 0.25) is 5.02 Å². The molecule has 0 radical (unpaired) electrons. The first-order valence-corrected chi connectivity index (χ1v) is 8.43. The van der Waals surface area contributed by atoms with Gasteiger partial charge in [-0.2, -0.15) is 5.10 Å². The van der Waals surface area contributed by atoms with E-state index in [1.165, 1.54) is 7.11 Å². The number of carbonyl (C=O) groups is 1. The number of nitrogens with one attached hydrogen (secondary N) is 2. The summed E-state index contributed by atoms with van der Waals surface area (Å²) in [6.45, 7) is 1.97. The van der Waals surface area contributed by atoms with Crippen LogP contribution >= 0.6 is 11.6 Å². The molecule has 0 fully saturated rings. The van der Waals surface area contributed by atoms with Gasteiger partial charge in [-0.05, 0) is 36.8 Å². The summed E-state index contributed by atoms with van der Waals surface area (Å²) in [5.74, 6) is 0.325. The van der Waals surface area contributed by atoms with Crippen LogP contribution in [0.3, 0.4) is 0 Å². The van der Waals surface area contributed by atoms with E-state index in [1.807, 2.05) is 43.5 Å². The molecule has 0 spiro atoms. The Morgan fingerprint density at radius 3 is 2.77 bits per heavy atom. The Morgan fingerprint density at radius 2 is 2.04 bits per heavy atom. The standard InChI is InChI=1S/C19H19ClN4O2/c1-13-10-16(18(26-2)11-14(13)20)23-19(25)12-21-15-6-3-4-7-17(15)24-9-5-8-22-24/h3-11,21H,12H2,1-2H3,(H,23,25). The number of ether oxygens (including phenoxy) is 1. The van der Waals surface area contributed by atoms with Crippen molar-refractivity contribution in [1.82, 2.24) is 9.78 Å². The summed E-state index contributed by atoms with van der Waals surface area (Å²) in [6.07, 6.45) is 3.56. The molecule has 0 saturated carbocycles. The molecular formula is C19H19ClN4O2. The number of para-hydroxylation sites is 2. The Morgan fingerprint density at radius 1 is 1.23 bits per heavy atom. The maximum absolute atomic E-state index is 12.4. The Labute approximate surface area is 156 Å². The molecule has 1 amide bonds. The third-order valence-corrected chi connectivity index (χ3v) is 4.26. The van der Waals surface area contributed by atoms with E-state index in [-0.39, 0.29) is 12.5 Å². The van der Waals surface area contributed by atoms with Crippen molar-refractivity contribution in [2.75, 3.05) is 24.3 Å². The third kappa shape index (κ3) is 3.97. The number of hydrogen-bond donors (Lipinski definition) is 2. The van der Waals surface area contributed by atoms with Gasteiger partial charge in [-0.25, -0.2) is 4.68 Å². The molecule has 1 aromatic heterocycles. The highest BCUT2D eigenvalue weighted by molar-refractivity contribution is 6.31. The molecule has 0 atom stereocenters. The second kappa shape index (κ2) is 7.93. The number of anilines is 2. The number of benzene rings is 2. The average molecular weight is 371 g/mol. The van der Waals surface area contributed by atoms with Crippen LogP contribution in [0.4, 0.5) is 11.4 Å². The van der Waals surface area contributed by atoms with Crippen molar-refractivity contribution in [3.8, 4) is 11.4 Å². The first-order chi connectivity index (χ1) is 12.6. The molecule has 1 heterocycles.